The molecule has 2 heterocycles. The lowest BCUT2D eigenvalue weighted by molar-refractivity contribution is 0.0954. The van der Waals surface area contributed by atoms with E-state index in [4.69, 9.17) is 0 Å². The number of fused-ring (bicyclic) bond motifs is 1. The van der Waals surface area contributed by atoms with E-state index < -0.39 is 9.84 Å². The lowest BCUT2D eigenvalue weighted by atomic mass is 10.2. The number of nitrogens with zero attached hydrogens (tertiary/aromatic N) is 3. The fourth-order valence-corrected chi connectivity index (χ4v) is 2.94. The van der Waals surface area contributed by atoms with Gasteiger partial charge in [0.05, 0.1) is 6.20 Å². The number of benzene rings is 1. The number of rotatable bonds is 4. The van der Waals surface area contributed by atoms with Gasteiger partial charge < -0.3 is 9.88 Å². The zero-order valence-electron chi connectivity index (χ0n) is 13.5. The summed E-state index contributed by atoms with van der Waals surface area (Å²) in [5.41, 5.74) is 1.71. The van der Waals surface area contributed by atoms with Crippen LogP contribution in [-0.2, 0) is 16.4 Å². The molecule has 0 aliphatic heterocycles. The maximum Gasteiger partial charge on any atom is 0.267 e. The molecule has 1 amide bonds. The summed E-state index contributed by atoms with van der Waals surface area (Å²) in [5.74, 6) is -0.715. The van der Waals surface area contributed by atoms with Crippen molar-refractivity contribution in [2.24, 2.45) is 0 Å². The number of hydrogen-bond acceptors (Lipinski definition) is 5. The highest BCUT2D eigenvalue weighted by Crippen LogP contribution is 2.20. The predicted octanol–water partition coefficient (Wildman–Crippen LogP) is 1.38. The summed E-state index contributed by atoms with van der Waals surface area (Å²) in [4.78, 5) is 20.4. The number of sulfone groups is 1. The van der Waals surface area contributed by atoms with Crippen LogP contribution in [0.1, 0.15) is 16.1 Å². The first-order chi connectivity index (χ1) is 11.8. The minimum absolute atomic E-state index is 0.164. The monoisotopic (exact) mass is 362 g/mol. The molecule has 0 spiro atoms. The Kier molecular flexibility index (Phi) is 4.25. The summed E-state index contributed by atoms with van der Waals surface area (Å²) in [5, 5.41) is 2.36. The Labute approximate surface area is 143 Å². The molecule has 9 heteroatoms. The fraction of sp³-hybridized carbons (Fsp3) is 0.188. The summed E-state index contributed by atoms with van der Waals surface area (Å²) in [6.07, 6.45) is 2.20. The molecule has 25 heavy (non-hydrogen) atoms. The second-order valence-electron chi connectivity index (χ2n) is 5.51. The van der Waals surface area contributed by atoms with E-state index in [0.29, 0.717) is 11.2 Å². The van der Waals surface area contributed by atoms with E-state index in [1.54, 1.807) is 16.7 Å². The third-order valence-electron chi connectivity index (χ3n) is 3.67. The third kappa shape index (κ3) is 3.36. The second kappa shape index (κ2) is 6.25. The molecule has 0 atom stereocenters. The molecule has 130 valence electrons. The summed E-state index contributed by atoms with van der Waals surface area (Å²) >= 11 is 0. The third-order valence-corrected chi connectivity index (χ3v) is 4.63. The van der Waals surface area contributed by atoms with Crippen molar-refractivity contribution in [3.8, 4) is 0 Å². The topological polar surface area (TPSA) is 93.9 Å². The van der Waals surface area contributed by atoms with Crippen molar-refractivity contribution in [2.75, 3.05) is 13.3 Å². The number of carbonyl (C=O) groups is 1. The molecule has 0 radical (unpaired) electrons. The maximum absolute atomic E-state index is 13.1. The molecule has 2 aromatic heterocycles. The van der Waals surface area contributed by atoms with Crippen LogP contribution in [0.5, 0.6) is 0 Å². The quantitative estimate of drug-likeness (QED) is 0.757. The van der Waals surface area contributed by atoms with Crippen LogP contribution in [0.4, 0.5) is 4.39 Å². The van der Waals surface area contributed by atoms with Crippen molar-refractivity contribution in [2.45, 2.75) is 11.6 Å². The van der Waals surface area contributed by atoms with Gasteiger partial charge in [0.1, 0.15) is 17.0 Å². The van der Waals surface area contributed by atoms with Crippen molar-refractivity contribution in [3.05, 3.63) is 53.6 Å². The van der Waals surface area contributed by atoms with Gasteiger partial charge in [0.25, 0.3) is 5.91 Å². The molecule has 3 rings (SSSR count). The highest BCUT2D eigenvalue weighted by atomic mass is 32.2. The number of amides is 1. The first kappa shape index (κ1) is 17.0. The Morgan fingerprint density at radius 3 is 2.56 bits per heavy atom. The van der Waals surface area contributed by atoms with Gasteiger partial charge in [0.2, 0.25) is 0 Å². The van der Waals surface area contributed by atoms with Crippen molar-refractivity contribution < 1.29 is 17.6 Å². The van der Waals surface area contributed by atoms with Gasteiger partial charge in [-0.05, 0) is 23.8 Å². The van der Waals surface area contributed by atoms with Crippen molar-refractivity contribution >= 4 is 26.9 Å². The fourth-order valence-electron chi connectivity index (χ4n) is 2.43. The van der Waals surface area contributed by atoms with E-state index in [2.05, 4.69) is 15.3 Å². The van der Waals surface area contributed by atoms with E-state index >= 15 is 0 Å². The molecule has 1 N–H and O–H groups in total. The van der Waals surface area contributed by atoms with Gasteiger partial charge in [0, 0.05) is 19.8 Å². The smallest absolute Gasteiger partial charge is 0.267 e. The number of aromatic nitrogens is 3. The Morgan fingerprint density at radius 1 is 1.28 bits per heavy atom. The van der Waals surface area contributed by atoms with Gasteiger partial charge in [-0.15, -0.1) is 0 Å². The molecule has 0 unspecified atom stereocenters. The Balaban J connectivity index is 2.16. The maximum atomic E-state index is 13.1. The molecule has 0 saturated heterocycles. The summed E-state index contributed by atoms with van der Waals surface area (Å²) in [7, 11) is -2.02. The number of carbonyl (C=O) groups excluding carboxylic acids is 1. The van der Waals surface area contributed by atoms with Gasteiger partial charge >= 0.3 is 0 Å². The molecule has 0 aliphatic rings. The lowest BCUT2D eigenvalue weighted by Crippen LogP contribution is -2.22. The summed E-state index contributed by atoms with van der Waals surface area (Å²) in [6.45, 7) is 0.263. The molecule has 3 aromatic rings. The van der Waals surface area contributed by atoms with Gasteiger partial charge in [-0.2, -0.15) is 0 Å². The van der Waals surface area contributed by atoms with Gasteiger partial charge in [-0.25, -0.2) is 22.8 Å². The number of nitrogens with one attached hydrogen (secondary N) is 1. The van der Waals surface area contributed by atoms with E-state index in [1.165, 1.54) is 25.2 Å². The van der Waals surface area contributed by atoms with E-state index in [1.807, 2.05) is 0 Å². The van der Waals surface area contributed by atoms with E-state index in [9.17, 15) is 17.6 Å². The van der Waals surface area contributed by atoms with Crippen molar-refractivity contribution in [3.63, 3.8) is 0 Å². The molecule has 0 aliphatic carbocycles. The molecule has 0 fully saturated rings. The van der Waals surface area contributed by atoms with Gasteiger partial charge in [-0.1, -0.05) is 12.1 Å². The van der Waals surface area contributed by atoms with Crippen LogP contribution in [0, 0.1) is 5.82 Å². The molecular weight excluding hydrogens is 347 g/mol. The van der Waals surface area contributed by atoms with Crippen LogP contribution in [0.2, 0.25) is 0 Å². The normalized spacial score (nSPS) is 11.6. The zero-order chi connectivity index (χ0) is 18.2. The second-order valence-corrected chi connectivity index (χ2v) is 7.47. The predicted molar refractivity (Wildman–Crippen MR) is 89.5 cm³/mol. The van der Waals surface area contributed by atoms with Crippen molar-refractivity contribution in [1.82, 2.24) is 19.9 Å². The van der Waals surface area contributed by atoms with Crippen molar-refractivity contribution in [1.29, 1.82) is 0 Å². The van der Waals surface area contributed by atoms with Gasteiger partial charge in [-0.3, -0.25) is 4.79 Å². The molecule has 0 saturated carbocycles. The van der Waals surface area contributed by atoms with E-state index in [0.717, 1.165) is 18.0 Å². The highest BCUT2D eigenvalue weighted by molar-refractivity contribution is 7.90. The molecular formula is C16H15FN4O3S. The average Bonchev–Trinajstić information content (AvgIpc) is 2.93. The lowest BCUT2D eigenvalue weighted by Gasteiger charge is -2.09. The van der Waals surface area contributed by atoms with Crippen LogP contribution in [0.25, 0.3) is 11.2 Å². The number of halogens is 1. The largest absolute Gasteiger partial charge is 0.354 e. The SMILES string of the molecule is CNC(=O)c1cc2nc(S(C)(=O)=O)cnc2n1Cc1ccc(F)cc1. The first-order valence-corrected chi connectivity index (χ1v) is 9.21. The molecule has 0 bridgehead atoms. The first-order valence-electron chi connectivity index (χ1n) is 7.32. The van der Waals surface area contributed by atoms with Crippen LogP contribution in [0.3, 0.4) is 0 Å². The Hall–Kier alpha value is -2.81. The summed E-state index contributed by atoms with van der Waals surface area (Å²) < 4.78 is 38.0. The summed E-state index contributed by atoms with van der Waals surface area (Å²) in [6, 6.07) is 7.35. The molecule has 1 aromatic carbocycles. The number of hydrogen-bond donors (Lipinski definition) is 1. The standard InChI is InChI=1S/C16H15FN4O3S/c1-18-16(22)13-7-12-15(19-8-14(20-12)25(2,23)24)21(13)9-10-3-5-11(17)6-4-10/h3-8H,9H2,1-2H3,(H,18,22). The average molecular weight is 362 g/mol. The van der Waals surface area contributed by atoms with Crippen LogP contribution < -0.4 is 5.32 Å². The van der Waals surface area contributed by atoms with E-state index in [-0.39, 0.29) is 29.0 Å². The zero-order valence-corrected chi connectivity index (χ0v) is 14.3. The van der Waals surface area contributed by atoms with Crippen LogP contribution in [-0.4, -0.2) is 42.2 Å². The minimum atomic E-state index is -3.51. The Morgan fingerprint density at radius 2 is 1.96 bits per heavy atom. The minimum Gasteiger partial charge on any atom is -0.354 e. The highest BCUT2D eigenvalue weighted by Gasteiger charge is 2.19. The Bertz CT molecular complexity index is 1060. The van der Waals surface area contributed by atoms with Gasteiger partial charge in [0.15, 0.2) is 20.5 Å². The van der Waals surface area contributed by atoms with Crippen LogP contribution in [0.15, 0.2) is 41.6 Å². The molecule has 7 nitrogen and oxygen atoms in total. The van der Waals surface area contributed by atoms with Crippen LogP contribution >= 0.6 is 0 Å².